The molecule has 0 aliphatic rings. The molecule has 0 spiro atoms. The number of nitrogens with one attached hydrogen (secondary N) is 1. The van der Waals surface area contributed by atoms with Crippen molar-refractivity contribution in [2.45, 2.75) is 18.6 Å². The molecule has 0 bridgehead atoms. The lowest BCUT2D eigenvalue weighted by Gasteiger charge is -2.21. The molecule has 3 nitrogen and oxygen atoms in total. The first-order valence-corrected chi connectivity index (χ1v) is 5.77. The molecular formula is C10H12BrF3N2O. The summed E-state index contributed by atoms with van der Waals surface area (Å²) in [7, 11) is 0. The highest BCUT2D eigenvalue weighted by Gasteiger charge is 2.41. The van der Waals surface area contributed by atoms with Gasteiger partial charge in [0.25, 0.3) is 0 Å². The Kier molecular flexibility index (Phi) is 5.35. The highest BCUT2D eigenvalue weighted by atomic mass is 79.9. The molecule has 1 aromatic rings. The Bertz CT molecular complexity index is 342. The number of aromatic nitrogens is 1. The number of pyridine rings is 1. The molecular weight excluding hydrogens is 301 g/mol. The average Bonchev–Trinajstić information content (AvgIpc) is 2.25. The van der Waals surface area contributed by atoms with Crippen LogP contribution < -0.4 is 5.32 Å². The SMILES string of the molecule is OCCCNC(c1ccc(Br)cn1)C(F)(F)F. The standard InChI is InChI=1S/C10H12BrF3N2O/c11-7-2-3-8(16-6-7)9(10(12,13)14)15-4-1-5-17/h2-3,6,9,15,17H,1,4-5H2. The molecule has 1 atom stereocenters. The van der Waals surface area contributed by atoms with Crippen LogP contribution in [-0.2, 0) is 0 Å². The molecule has 0 radical (unpaired) electrons. The van der Waals surface area contributed by atoms with E-state index in [0.717, 1.165) is 0 Å². The van der Waals surface area contributed by atoms with Gasteiger partial charge in [0, 0.05) is 17.3 Å². The third-order valence-electron chi connectivity index (χ3n) is 2.06. The maximum Gasteiger partial charge on any atom is 0.409 e. The molecule has 0 fully saturated rings. The first-order valence-electron chi connectivity index (χ1n) is 4.97. The van der Waals surface area contributed by atoms with Crippen LogP contribution >= 0.6 is 15.9 Å². The van der Waals surface area contributed by atoms with Crippen LogP contribution in [-0.4, -0.2) is 29.4 Å². The summed E-state index contributed by atoms with van der Waals surface area (Å²) in [6.45, 7) is -0.0657. The van der Waals surface area contributed by atoms with Crippen molar-refractivity contribution < 1.29 is 18.3 Å². The van der Waals surface area contributed by atoms with Gasteiger partial charge in [0.05, 0.1) is 5.69 Å². The van der Waals surface area contributed by atoms with Crippen molar-refractivity contribution in [2.75, 3.05) is 13.2 Å². The van der Waals surface area contributed by atoms with Crippen LogP contribution in [0.15, 0.2) is 22.8 Å². The van der Waals surface area contributed by atoms with Crippen molar-refractivity contribution in [3.63, 3.8) is 0 Å². The Balaban J connectivity index is 2.79. The lowest BCUT2D eigenvalue weighted by molar-refractivity contribution is -0.158. The molecule has 0 amide bonds. The van der Waals surface area contributed by atoms with Gasteiger partial charge in [-0.2, -0.15) is 13.2 Å². The van der Waals surface area contributed by atoms with Crippen LogP contribution in [0.4, 0.5) is 13.2 Å². The van der Waals surface area contributed by atoms with Crippen molar-refractivity contribution in [3.05, 3.63) is 28.5 Å². The van der Waals surface area contributed by atoms with Crippen LogP contribution in [0, 0.1) is 0 Å². The summed E-state index contributed by atoms with van der Waals surface area (Å²) < 4.78 is 38.9. The smallest absolute Gasteiger partial charge is 0.396 e. The zero-order chi connectivity index (χ0) is 12.9. The fourth-order valence-corrected chi connectivity index (χ4v) is 1.51. The van der Waals surface area contributed by atoms with Gasteiger partial charge in [0.2, 0.25) is 0 Å². The molecule has 1 unspecified atom stereocenters. The lowest BCUT2D eigenvalue weighted by Crippen LogP contribution is -2.35. The summed E-state index contributed by atoms with van der Waals surface area (Å²) in [5, 5.41) is 10.9. The topological polar surface area (TPSA) is 45.1 Å². The molecule has 1 aromatic heterocycles. The van der Waals surface area contributed by atoms with E-state index in [1.807, 2.05) is 0 Å². The molecule has 0 aliphatic heterocycles. The van der Waals surface area contributed by atoms with Gasteiger partial charge in [-0.15, -0.1) is 0 Å². The van der Waals surface area contributed by atoms with Gasteiger partial charge in [-0.05, 0) is 41.0 Å². The van der Waals surface area contributed by atoms with Crippen molar-refractivity contribution >= 4 is 15.9 Å². The molecule has 0 saturated carbocycles. The van der Waals surface area contributed by atoms with Gasteiger partial charge >= 0.3 is 6.18 Å². The minimum absolute atomic E-state index is 0.0818. The van der Waals surface area contributed by atoms with E-state index in [9.17, 15) is 13.2 Å². The van der Waals surface area contributed by atoms with Crippen LogP contribution in [0.3, 0.4) is 0 Å². The van der Waals surface area contributed by atoms with Gasteiger partial charge in [-0.1, -0.05) is 0 Å². The minimum Gasteiger partial charge on any atom is -0.396 e. The summed E-state index contributed by atoms with van der Waals surface area (Å²) >= 11 is 3.11. The van der Waals surface area contributed by atoms with E-state index in [0.29, 0.717) is 4.47 Å². The number of halogens is 4. The second kappa shape index (κ2) is 6.32. The number of hydrogen-bond donors (Lipinski definition) is 2. The predicted molar refractivity (Wildman–Crippen MR) is 60.4 cm³/mol. The quantitative estimate of drug-likeness (QED) is 0.821. The van der Waals surface area contributed by atoms with Crippen molar-refractivity contribution in [1.29, 1.82) is 0 Å². The maximum atomic E-state index is 12.8. The Labute approximate surface area is 105 Å². The van der Waals surface area contributed by atoms with Crippen LogP contribution in [0.1, 0.15) is 18.2 Å². The molecule has 2 N–H and O–H groups in total. The van der Waals surface area contributed by atoms with Crippen molar-refractivity contribution in [2.24, 2.45) is 0 Å². The van der Waals surface area contributed by atoms with Gasteiger partial charge < -0.3 is 10.4 Å². The van der Waals surface area contributed by atoms with E-state index in [2.05, 4.69) is 26.2 Å². The highest BCUT2D eigenvalue weighted by Crippen LogP contribution is 2.31. The van der Waals surface area contributed by atoms with Crippen molar-refractivity contribution in [1.82, 2.24) is 10.3 Å². The fraction of sp³-hybridized carbons (Fsp3) is 0.500. The Morgan fingerprint density at radius 2 is 2.12 bits per heavy atom. The number of aliphatic hydroxyl groups excluding tert-OH is 1. The normalized spacial score (nSPS) is 13.7. The molecule has 7 heteroatoms. The number of nitrogens with zero attached hydrogens (tertiary/aromatic N) is 1. The van der Waals surface area contributed by atoms with Crippen molar-refractivity contribution in [3.8, 4) is 0 Å². The first-order chi connectivity index (χ1) is 7.95. The second-order valence-electron chi connectivity index (χ2n) is 3.41. The predicted octanol–water partition coefficient (Wildman–Crippen LogP) is 2.42. The number of rotatable bonds is 5. The van der Waals surface area contributed by atoms with Gasteiger partial charge in [-0.3, -0.25) is 4.98 Å². The minimum atomic E-state index is -4.41. The summed E-state index contributed by atoms with van der Waals surface area (Å²) in [5.74, 6) is 0. The Hall–Kier alpha value is -0.660. The van der Waals surface area contributed by atoms with E-state index in [1.54, 1.807) is 0 Å². The average molecular weight is 313 g/mol. The van der Waals surface area contributed by atoms with Crippen LogP contribution in [0.2, 0.25) is 0 Å². The summed E-state index contributed by atoms with van der Waals surface area (Å²) in [6, 6.07) is 1.02. The highest BCUT2D eigenvalue weighted by molar-refractivity contribution is 9.10. The molecule has 1 heterocycles. The van der Waals surface area contributed by atoms with E-state index >= 15 is 0 Å². The molecule has 0 aliphatic carbocycles. The second-order valence-corrected chi connectivity index (χ2v) is 4.32. The number of alkyl halides is 3. The van der Waals surface area contributed by atoms with E-state index in [4.69, 9.17) is 5.11 Å². The van der Waals surface area contributed by atoms with Gasteiger partial charge in [0.15, 0.2) is 0 Å². The van der Waals surface area contributed by atoms with Gasteiger partial charge in [0.1, 0.15) is 6.04 Å². The molecule has 0 saturated heterocycles. The zero-order valence-electron chi connectivity index (χ0n) is 8.84. The Morgan fingerprint density at radius 3 is 2.59 bits per heavy atom. The molecule has 0 aromatic carbocycles. The monoisotopic (exact) mass is 312 g/mol. The summed E-state index contributed by atoms with van der Waals surface area (Å²) in [4.78, 5) is 3.73. The molecule has 96 valence electrons. The maximum absolute atomic E-state index is 12.8. The Morgan fingerprint density at radius 1 is 1.41 bits per heavy atom. The third kappa shape index (κ3) is 4.61. The number of aliphatic hydroxyl groups is 1. The van der Waals surface area contributed by atoms with E-state index in [1.165, 1.54) is 18.3 Å². The van der Waals surface area contributed by atoms with E-state index < -0.39 is 12.2 Å². The largest absolute Gasteiger partial charge is 0.409 e. The molecule has 17 heavy (non-hydrogen) atoms. The molecule has 1 rings (SSSR count). The van der Waals surface area contributed by atoms with Crippen LogP contribution in [0.25, 0.3) is 0 Å². The lowest BCUT2D eigenvalue weighted by atomic mass is 10.1. The fourth-order valence-electron chi connectivity index (χ4n) is 1.27. The first kappa shape index (κ1) is 14.4. The van der Waals surface area contributed by atoms with Crippen LogP contribution in [0.5, 0.6) is 0 Å². The van der Waals surface area contributed by atoms with Gasteiger partial charge in [-0.25, -0.2) is 0 Å². The summed E-state index contributed by atoms with van der Waals surface area (Å²) in [6.07, 6.45) is -2.82. The summed E-state index contributed by atoms with van der Waals surface area (Å²) in [5.41, 5.74) is -0.0846. The number of hydrogen-bond acceptors (Lipinski definition) is 3. The zero-order valence-corrected chi connectivity index (χ0v) is 10.4. The third-order valence-corrected chi connectivity index (χ3v) is 2.53. The van der Waals surface area contributed by atoms with E-state index in [-0.39, 0.29) is 25.3 Å².